The molecule has 1 amide bonds. The average molecular weight is 423 g/mol. The first-order chi connectivity index (χ1) is 13.8. The lowest BCUT2D eigenvalue weighted by molar-refractivity contribution is 0.0884. The molecular formula is C19H26N4O5S. The standard InChI is InChI=1S/C19H26N4O5S/c1-11(2)16(19-21-17(22-28-19)13-6-7-13)20-18(24)14-10-15(12(3)27-14)29(25,26)23-8-4-5-9-23/h10-11,13,16H,4-9H2,1-3H3,(H,20,24). The lowest BCUT2D eigenvalue weighted by Gasteiger charge is -2.17. The van der Waals surface area contributed by atoms with Crippen LogP contribution in [0.3, 0.4) is 0 Å². The average Bonchev–Trinajstić information content (AvgIpc) is 3.08. The van der Waals surface area contributed by atoms with Gasteiger partial charge in [-0.3, -0.25) is 4.79 Å². The molecule has 1 atom stereocenters. The maximum absolute atomic E-state index is 12.8. The van der Waals surface area contributed by atoms with Gasteiger partial charge < -0.3 is 14.3 Å². The molecule has 4 rings (SSSR count). The number of rotatable bonds is 7. The molecule has 9 nitrogen and oxygen atoms in total. The van der Waals surface area contributed by atoms with Crippen LogP contribution in [0.5, 0.6) is 0 Å². The van der Waals surface area contributed by atoms with Crippen LogP contribution in [0.15, 0.2) is 19.9 Å². The zero-order valence-corrected chi connectivity index (χ0v) is 17.7. The summed E-state index contributed by atoms with van der Waals surface area (Å²) in [4.78, 5) is 17.3. The van der Waals surface area contributed by atoms with Crippen molar-refractivity contribution in [3.05, 3.63) is 29.3 Å². The number of furan rings is 1. The number of hydrogen-bond donors (Lipinski definition) is 1. The minimum absolute atomic E-state index is 0.00434. The molecule has 0 bridgehead atoms. The van der Waals surface area contributed by atoms with Crippen molar-refractivity contribution in [2.24, 2.45) is 5.92 Å². The monoisotopic (exact) mass is 422 g/mol. The summed E-state index contributed by atoms with van der Waals surface area (Å²) in [5.41, 5.74) is 0. The number of nitrogens with one attached hydrogen (secondary N) is 1. The van der Waals surface area contributed by atoms with Gasteiger partial charge >= 0.3 is 0 Å². The molecule has 1 saturated heterocycles. The summed E-state index contributed by atoms with van der Waals surface area (Å²) in [6.45, 7) is 6.40. The van der Waals surface area contributed by atoms with Crippen LogP contribution in [0.1, 0.15) is 79.5 Å². The number of aryl methyl sites for hydroxylation is 1. The summed E-state index contributed by atoms with van der Waals surface area (Å²) in [7, 11) is -3.66. The van der Waals surface area contributed by atoms with E-state index in [1.54, 1.807) is 6.92 Å². The fraction of sp³-hybridized carbons (Fsp3) is 0.632. The van der Waals surface area contributed by atoms with Gasteiger partial charge in [-0.05, 0) is 38.5 Å². The van der Waals surface area contributed by atoms with Gasteiger partial charge in [0.05, 0.1) is 0 Å². The van der Waals surface area contributed by atoms with Gasteiger partial charge in [-0.1, -0.05) is 19.0 Å². The maximum atomic E-state index is 12.8. The van der Waals surface area contributed by atoms with E-state index in [1.807, 2.05) is 13.8 Å². The first-order valence-corrected chi connectivity index (χ1v) is 11.5. The third-order valence-corrected chi connectivity index (χ3v) is 7.40. The van der Waals surface area contributed by atoms with Crippen LogP contribution >= 0.6 is 0 Å². The van der Waals surface area contributed by atoms with E-state index < -0.39 is 22.0 Å². The second-order valence-corrected chi connectivity index (χ2v) is 10.0. The van der Waals surface area contributed by atoms with E-state index in [0.29, 0.717) is 30.7 Å². The van der Waals surface area contributed by atoms with Crippen molar-refractivity contribution in [2.75, 3.05) is 13.1 Å². The molecule has 2 aromatic heterocycles. The zero-order chi connectivity index (χ0) is 20.8. The Bertz CT molecular complexity index is 1000. The fourth-order valence-electron chi connectivity index (χ4n) is 3.51. The van der Waals surface area contributed by atoms with E-state index in [1.165, 1.54) is 10.4 Å². The Morgan fingerprint density at radius 3 is 2.59 bits per heavy atom. The molecule has 29 heavy (non-hydrogen) atoms. The Morgan fingerprint density at radius 2 is 1.97 bits per heavy atom. The third-order valence-electron chi connectivity index (χ3n) is 5.40. The minimum atomic E-state index is -3.66. The van der Waals surface area contributed by atoms with Crippen molar-refractivity contribution in [3.8, 4) is 0 Å². The minimum Gasteiger partial charge on any atom is -0.455 e. The lowest BCUT2D eigenvalue weighted by Crippen LogP contribution is -2.32. The van der Waals surface area contributed by atoms with Gasteiger partial charge in [0.15, 0.2) is 11.6 Å². The highest BCUT2D eigenvalue weighted by molar-refractivity contribution is 7.89. The smallest absolute Gasteiger partial charge is 0.287 e. The summed E-state index contributed by atoms with van der Waals surface area (Å²) >= 11 is 0. The van der Waals surface area contributed by atoms with E-state index in [-0.39, 0.29) is 22.3 Å². The summed E-state index contributed by atoms with van der Waals surface area (Å²) in [6, 6.07) is 0.811. The van der Waals surface area contributed by atoms with Crippen LogP contribution < -0.4 is 5.32 Å². The molecule has 2 aromatic rings. The number of sulfonamides is 1. The maximum Gasteiger partial charge on any atom is 0.287 e. The van der Waals surface area contributed by atoms with Crippen molar-refractivity contribution in [1.82, 2.24) is 19.8 Å². The van der Waals surface area contributed by atoms with Crippen molar-refractivity contribution >= 4 is 15.9 Å². The topological polar surface area (TPSA) is 119 Å². The van der Waals surface area contributed by atoms with Gasteiger partial charge in [0.2, 0.25) is 15.9 Å². The summed E-state index contributed by atoms with van der Waals surface area (Å²) < 4.78 is 37.9. The Morgan fingerprint density at radius 1 is 1.28 bits per heavy atom. The molecule has 2 fully saturated rings. The molecule has 1 N–H and O–H groups in total. The van der Waals surface area contributed by atoms with Crippen molar-refractivity contribution < 1.29 is 22.2 Å². The number of nitrogens with zero attached hydrogens (tertiary/aromatic N) is 3. The highest BCUT2D eigenvalue weighted by Gasteiger charge is 2.34. The molecule has 10 heteroatoms. The molecule has 0 radical (unpaired) electrons. The third kappa shape index (κ3) is 3.95. The molecule has 3 heterocycles. The number of aromatic nitrogens is 2. The summed E-state index contributed by atoms with van der Waals surface area (Å²) in [6.07, 6.45) is 3.79. The summed E-state index contributed by atoms with van der Waals surface area (Å²) in [5, 5.41) is 6.86. The van der Waals surface area contributed by atoms with Gasteiger partial charge in [0.25, 0.3) is 5.91 Å². The number of amides is 1. The molecule has 1 aliphatic carbocycles. The van der Waals surface area contributed by atoms with E-state index in [4.69, 9.17) is 8.94 Å². The van der Waals surface area contributed by atoms with Gasteiger partial charge in [0, 0.05) is 25.1 Å². The second kappa shape index (κ2) is 7.56. The molecule has 158 valence electrons. The predicted molar refractivity (Wildman–Crippen MR) is 103 cm³/mol. The van der Waals surface area contributed by atoms with E-state index >= 15 is 0 Å². The highest BCUT2D eigenvalue weighted by atomic mass is 32.2. The van der Waals surface area contributed by atoms with Gasteiger partial charge in [-0.2, -0.15) is 9.29 Å². The van der Waals surface area contributed by atoms with E-state index in [0.717, 1.165) is 25.7 Å². The Balaban J connectivity index is 1.54. The Hall–Kier alpha value is -2.20. The van der Waals surface area contributed by atoms with E-state index in [2.05, 4.69) is 15.5 Å². The Kier molecular flexibility index (Phi) is 5.24. The van der Waals surface area contributed by atoms with Crippen molar-refractivity contribution in [1.29, 1.82) is 0 Å². The molecule has 1 unspecified atom stereocenters. The molecule has 1 saturated carbocycles. The molecular weight excluding hydrogens is 396 g/mol. The van der Waals surface area contributed by atoms with Crippen LogP contribution in [0.2, 0.25) is 0 Å². The lowest BCUT2D eigenvalue weighted by atomic mass is 10.0. The van der Waals surface area contributed by atoms with Crippen LogP contribution in [-0.2, 0) is 10.0 Å². The Labute approximate surface area is 169 Å². The van der Waals surface area contributed by atoms with Crippen molar-refractivity contribution in [2.45, 2.75) is 63.3 Å². The molecule has 2 aliphatic rings. The second-order valence-electron chi connectivity index (χ2n) is 8.10. The van der Waals surface area contributed by atoms with Crippen molar-refractivity contribution in [3.63, 3.8) is 0 Å². The SMILES string of the molecule is Cc1oc(C(=O)NC(c2nc(C3CC3)no2)C(C)C)cc1S(=O)(=O)N1CCCC1. The first kappa shape index (κ1) is 20.1. The van der Waals surface area contributed by atoms with E-state index in [9.17, 15) is 13.2 Å². The van der Waals surface area contributed by atoms with Gasteiger partial charge in [0.1, 0.15) is 16.7 Å². The van der Waals surface area contributed by atoms with Gasteiger partial charge in [-0.25, -0.2) is 8.42 Å². The van der Waals surface area contributed by atoms with Crippen LogP contribution in [-0.4, -0.2) is 41.9 Å². The zero-order valence-electron chi connectivity index (χ0n) is 16.8. The predicted octanol–water partition coefficient (Wildman–Crippen LogP) is 2.76. The largest absolute Gasteiger partial charge is 0.455 e. The van der Waals surface area contributed by atoms with Gasteiger partial charge in [-0.15, -0.1) is 0 Å². The van der Waals surface area contributed by atoms with Crippen LogP contribution in [0, 0.1) is 12.8 Å². The highest BCUT2D eigenvalue weighted by Crippen LogP contribution is 2.38. The molecule has 1 aliphatic heterocycles. The number of carbonyl (C=O) groups excluding carboxylic acids is 1. The molecule has 0 aromatic carbocycles. The number of hydrogen-bond acceptors (Lipinski definition) is 7. The number of carbonyl (C=O) groups is 1. The normalized spacial score (nSPS) is 19.0. The summed E-state index contributed by atoms with van der Waals surface area (Å²) in [5.74, 6) is 1.01. The first-order valence-electron chi connectivity index (χ1n) is 10.0. The van der Waals surface area contributed by atoms with Crippen LogP contribution in [0.4, 0.5) is 0 Å². The molecule has 0 spiro atoms. The quantitative estimate of drug-likeness (QED) is 0.729. The fourth-order valence-corrected chi connectivity index (χ4v) is 5.19. The van der Waals surface area contributed by atoms with Crippen LogP contribution in [0.25, 0.3) is 0 Å².